The van der Waals surface area contributed by atoms with Crippen LogP contribution in [0.2, 0.25) is 0 Å². The fourth-order valence-electron chi connectivity index (χ4n) is 3.00. The number of amides is 3. The number of hydrogen-bond acceptors (Lipinski definition) is 4. The molecule has 1 fully saturated rings. The van der Waals surface area contributed by atoms with Crippen LogP contribution < -0.4 is 10.6 Å². The molecule has 8 heteroatoms. The highest BCUT2D eigenvalue weighted by atomic mass is 16.5. The van der Waals surface area contributed by atoms with E-state index in [0.29, 0.717) is 26.2 Å². The van der Waals surface area contributed by atoms with E-state index in [9.17, 15) is 19.5 Å². The maximum absolute atomic E-state index is 12.1. The summed E-state index contributed by atoms with van der Waals surface area (Å²) < 4.78 is 5.31. The summed E-state index contributed by atoms with van der Waals surface area (Å²) in [6.07, 6.45) is 1.51. The zero-order valence-electron chi connectivity index (χ0n) is 15.5. The summed E-state index contributed by atoms with van der Waals surface area (Å²) in [5.41, 5.74) is 1.01. The minimum Gasteiger partial charge on any atom is -0.480 e. The Bertz CT molecular complexity index is 631. The molecule has 27 heavy (non-hydrogen) atoms. The van der Waals surface area contributed by atoms with E-state index in [4.69, 9.17) is 4.74 Å². The molecule has 2 unspecified atom stereocenters. The third-order valence-corrected chi connectivity index (χ3v) is 4.49. The average molecular weight is 377 g/mol. The fourth-order valence-corrected chi connectivity index (χ4v) is 3.00. The number of urea groups is 1. The van der Waals surface area contributed by atoms with Gasteiger partial charge in [0.2, 0.25) is 5.91 Å². The number of carbonyl (C=O) groups excluding carboxylic acids is 2. The van der Waals surface area contributed by atoms with Crippen LogP contribution in [0.4, 0.5) is 4.79 Å². The molecule has 1 heterocycles. The van der Waals surface area contributed by atoms with Gasteiger partial charge in [0.25, 0.3) is 0 Å². The van der Waals surface area contributed by atoms with Crippen molar-refractivity contribution < 1.29 is 24.2 Å². The van der Waals surface area contributed by atoms with Gasteiger partial charge in [0.05, 0.1) is 6.61 Å². The highest BCUT2D eigenvalue weighted by Crippen LogP contribution is 2.18. The lowest BCUT2D eigenvalue weighted by Crippen LogP contribution is -2.49. The van der Waals surface area contributed by atoms with Gasteiger partial charge in [0.15, 0.2) is 0 Å². The van der Waals surface area contributed by atoms with Gasteiger partial charge in [-0.15, -0.1) is 0 Å². The van der Waals surface area contributed by atoms with Crippen molar-refractivity contribution in [3.05, 3.63) is 35.9 Å². The van der Waals surface area contributed by atoms with E-state index in [1.165, 1.54) is 4.90 Å². The van der Waals surface area contributed by atoms with E-state index in [2.05, 4.69) is 10.6 Å². The van der Waals surface area contributed by atoms with Crippen LogP contribution in [0.5, 0.6) is 0 Å². The molecule has 148 valence electrons. The third-order valence-electron chi connectivity index (χ3n) is 4.49. The summed E-state index contributed by atoms with van der Waals surface area (Å²) in [5, 5.41) is 14.6. The number of hydrogen-bond donors (Lipinski definition) is 3. The molecule has 3 amide bonds. The van der Waals surface area contributed by atoms with Gasteiger partial charge in [-0.3, -0.25) is 4.79 Å². The molecule has 1 aliphatic rings. The third kappa shape index (κ3) is 6.90. The quantitative estimate of drug-likeness (QED) is 0.631. The first-order valence-electron chi connectivity index (χ1n) is 9.10. The normalized spacial score (nSPS) is 17.6. The van der Waals surface area contributed by atoms with E-state index in [1.54, 1.807) is 7.05 Å². The molecule has 0 aliphatic carbocycles. The van der Waals surface area contributed by atoms with Crippen LogP contribution in [0.3, 0.4) is 0 Å². The van der Waals surface area contributed by atoms with Crippen LogP contribution in [-0.2, 0) is 20.9 Å². The van der Waals surface area contributed by atoms with E-state index < -0.39 is 17.9 Å². The number of nitrogens with one attached hydrogen (secondary N) is 2. The van der Waals surface area contributed by atoms with Crippen molar-refractivity contribution in [1.29, 1.82) is 0 Å². The van der Waals surface area contributed by atoms with Crippen molar-refractivity contribution >= 4 is 17.9 Å². The lowest BCUT2D eigenvalue weighted by Gasteiger charge is -2.28. The van der Waals surface area contributed by atoms with E-state index in [1.807, 2.05) is 30.3 Å². The second-order valence-electron chi connectivity index (χ2n) is 6.68. The molecule has 2 rings (SSSR count). The lowest BCUT2D eigenvalue weighted by atomic mass is 9.93. The lowest BCUT2D eigenvalue weighted by molar-refractivity contribution is -0.145. The Balaban J connectivity index is 1.72. The number of rotatable bonds is 8. The number of carbonyl (C=O) groups is 3. The molecule has 0 bridgehead atoms. The number of ether oxygens (including phenoxy) is 1. The Labute approximate surface area is 158 Å². The predicted molar refractivity (Wildman–Crippen MR) is 99.0 cm³/mol. The van der Waals surface area contributed by atoms with Crippen LogP contribution in [0.15, 0.2) is 30.3 Å². The summed E-state index contributed by atoms with van der Waals surface area (Å²) in [7, 11) is 1.67. The monoisotopic (exact) mass is 377 g/mol. The molecule has 1 aliphatic heterocycles. The SMILES string of the molecule is CN(Cc1ccccc1)C(=O)NCCC(=O)NC(C(=O)O)C1CCCOC1. The summed E-state index contributed by atoms with van der Waals surface area (Å²) in [6.45, 7) is 1.55. The topological polar surface area (TPSA) is 108 Å². The number of benzene rings is 1. The smallest absolute Gasteiger partial charge is 0.326 e. The molecule has 0 spiro atoms. The van der Waals surface area contributed by atoms with Crippen LogP contribution in [0.1, 0.15) is 24.8 Å². The van der Waals surface area contributed by atoms with Crippen molar-refractivity contribution in [3.63, 3.8) is 0 Å². The van der Waals surface area contributed by atoms with Crippen molar-refractivity contribution in [1.82, 2.24) is 15.5 Å². The van der Waals surface area contributed by atoms with E-state index in [0.717, 1.165) is 12.0 Å². The number of carboxylic acid groups (broad SMARTS) is 1. The highest BCUT2D eigenvalue weighted by molar-refractivity contribution is 5.84. The number of carboxylic acids is 1. The van der Waals surface area contributed by atoms with Gasteiger partial charge in [-0.2, -0.15) is 0 Å². The van der Waals surface area contributed by atoms with Crippen LogP contribution >= 0.6 is 0 Å². The Morgan fingerprint density at radius 2 is 2.04 bits per heavy atom. The maximum Gasteiger partial charge on any atom is 0.326 e. The van der Waals surface area contributed by atoms with Gasteiger partial charge < -0.3 is 25.4 Å². The average Bonchev–Trinajstić information content (AvgIpc) is 2.67. The molecule has 0 saturated carbocycles. The zero-order chi connectivity index (χ0) is 19.6. The standard InChI is InChI=1S/C19H27N3O5/c1-22(12-14-6-3-2-4-7-14)19(26)20-10-9-16(23)21-17(18(24)25)15-8-5-11-27-13-15/h2-4,6-7,15,17H,5,8-13H2,1H3,(H,20,26)(H,21,23)(H,24,25). The van der Waals surface area contributed by atoms with Gasteiger partial charge in [0, 0.05) is 39.1 Å². The molecule has 0 radical (unpaired) electrons. The van der Waals surface area contributed by atoms with Gasteiger partial charge in [-0.05, 0) is 18.4 Å². The molecule has 2 atom stereocenters. The molecule has 1 saturated heterocycles. The Morgan fingerprint density at radius 3 is 2.67 bits per heavy atom. The predicted octanol–water partition coefficient (Wildman–Crippen LogP) is 1.21. The van der Waals surface area contributed by atoms with Crippen LogP contribution in [0.25, 0.3) is 0 Å². The maximum atomic E-state index is 12.1. The molecule has 3 N–H and O–H groups in total. The van der Waals surface area contributed by atoms with Gasteiger partial charge in [-0.1, -0.05) is 30.3 Å². The minimum atomic E-state index is -1.06. The molecule has 0 aromatic heterocycles. The highest BCUT2D eigenvalue weighted by Gasteiger charge is 2.31. The Hall–Kier alpha value is -2.61. The molecule has 1 aromatic rings. The summed E-state index contributed by atoms with van der Waals surface area (Å²) in [6, 6.07) is 8.32. The van der Waals surface area contributed by atoms with Crippen molar-refractivity contribution in [2.24, 2.45) is 5.92 Å². The van der Waals surface area contributed by atoms with Crippen molar-refractivity contribution in [2.75, 3.05) is 26.8 Å². The Morgan fingerprint density at radius 1 is 1.30 bits per heavy atom. The first kappa shape index (κ1) is 20.7. The summed E-state index contributed by atoms with van der Waals surface area (Å²) in [4.78, 5) is 37.1. The zero-order valence-corrected chi connectivity index (χ0v) is 15.5. The van der Waals surface area contributed by atoms with E-state index >= 15 is 0 Å². The largest absolute Gasteiger partial charge is 0.480 e. The van der Waals surface area contributed by atoms with Crippen LogP contribution in [0, 0.1) is 5.92 Å². The summed E-state index contributed by atoms with van der Waals surface area (Å²) >= 11 is 0. The first-order chi connectivity index (χ1) is 13.0. The Kier molecular flexibility index (Phi) is 8.06. The van der Waals surface area contributed by atoms with Gasteiger partial charge in [-0.25, -0.2) is 9.59 Å². The summed E-state index contributed by atoms with van der Waals surface area (Å²) in [5.74, 6) is -1.70. The minimum absolute atomic E-state index is 0.0161. The van der Waals surface area contributed by atoms with Crippen molar-refractivity contribution in [2.45, 2.75) is 31.8 Å². The van der Waals surface area contributed by atoms with Gasteiger partial charge in [0.1, 0.15) is 6.04 Å². The van der Waals surface area contributed by atoms with Gasteiger partial charge >= 0.3 is 12.0 Å². The first-order valence-corrected chi connectivity index (χ1v) is 9.10. The molecule has 8 nitrogen and oxygen atoms in total. The molecular weight excluding hydrogens is 350 g/mol. The van der Waals surface area contributed by atoms with E-state index in [-0.39, 0.29) is 24.9 Å². The van der Waals surface area contributed by atoms with Crippen molar-refractivity contribution in [3.8, 4) is 0 Å². The second kappa shape index (κ2) is 10.5. The molecule has 1 aromatic carbocycles. The second-order valence-corrected chi connectivity index (χ2v) is 6.68. The number of nitrogens with zero attached hydrogens (tertiary/aromatic N) is 1. The number of aliphatic carboxylic acids is 1. The fraction of sp³-hybridized carbons (Fsp3) is 0.526. The molecular formula is C19H27N3O5. The van der Waals surface area contributed by atoms with Crippen LogP contribution in [-0.4, -0.2) is 60.8 Å².